The highest BCUT2D eigenvalue weighted by atomic mass is 16.6. The second-order valence-corrected chi connectivity index (χ2v) is 4.24. The molecule has 2 aromatic rings. The average molecular weight is 293 g/mol. The maximum absolute atomic E-state index is 12.0. The fourth-order valence-electron chi connectivity index (χ4n) is 1.89. The Morgan fingerprint density at radius 1 is 1.43 bits per heavy atom. The summed E-state index contributed by atoms with van der Waals surface area (Å²) in [6.45, 7) is 0. The topological polar surface area (TPSA) is 130 Å². The number of fused-ring (bicyclic) bond motifs is 1. The summed E-state index contributed by atoms with van der Waals surface area (Å²) in [5, 5.41) is 12.2. The summed E-state index contributed by atoms with van der Waals surface area (Å²) in [4.78, 5) is 46.9. The summed E-state index contributed by atoms with van der Waals surface area (Å²) in [5.41, 5.74) is 0.752. The first-order valence-corrected chi connectivity index (χ1v) is 5.71. The number of carbonyl (C=O) groups excluding carboxylic acids is 1. The molecule has 0 saturated heterocycles. The van der Waals surface area contributed by atoms with Crippen molar-refractivity contribution in [2.75, 3.05) is 12.1 Å². The minimum atomic E-state index is -0.678. The summed E-state index contributed by atoms with van der Waals surface area (Å²) in [7, 11) is 2.65. The number of benzene rings is 1. The van der Waals surface area contributed by atoms with E-state index in [2.05, 4.69) is 10.4 Å². The maximum Gasteiger partial charge on any atom is 0.328 e. The number of nitrogens with zero attached hydrogens (tertiary/aromatic N) is 3. The lowest BCUT2D eigenvalue weighted by Crippen LogP contribution is -2.34. The Balaban J connectivity index is 2.87. The van der Waals surface area contributed by atoms with Crippen LogP contribution in [0.4, 0.5) is 11.4 Å². The molecule has 0 aliphatic rings. The number of H-pyrrole nitrogens is 1. The van der Waals surface area contributed by atoms with Crippen LogP contribution in [0.3, 0.4) is 0 Å². The molecule has 0 unspecified atom stereocenters. The largest absolute Gasteiger partial charge is 0.328 e. The van der Waals surface area contributed by atoms with Crippen molar-refractivity contribution in [3.05, 3.63) is 43.1 Å². The number of carbonyl (C=O) groups is 1. The van der Waals surface area contributed by atoms with Gasteiger partial charge in [0.15, 0.2) is 0 Å². The summed E-state index contributed by atoms with van der Waals surface area (Å²) >= 11 is 0. The van der Waals surface area contributed by atoms with Gasteiger partial charge in [-0.25, -0.2) is 4.79 Å². The van der Waals surface area contributed by atoms with Crippen molar-refractivity contribution in [2.24, 2.45) is 7.05 Å². The molecule has 2 N–H and O–H groups in total. The summed E-state index contributed by atoms with van der Waals surface area (Å²) < 4.78 is 0.819. The first kappa shape index (κ1) is 14.2. The highest BCUT2D eigenvalue weighted by Crippen LogP contribution is 2.29. The van der Waals surface area contributed by atoms with Crippen LogP contribution in [0, 0.1) is 10.1 Å². The number of hydrogen-bond acceptors (Lipinski definition) is 6. The molecule has 10 nitrogen and oxygen atoms in total. The van der Waals surface area contributed by atoms with Gasteiger partial charge in [0.2, 0.25) is 6.41 Å². The molecule has 10 heteroatoms. The van der Waals surface area contributed by atoms with Crippen LogP contribution < -0.4 is 21.7 Å². The number of nitro groups is 1. The summed E-state index contributed by atoms with van der Waals surface area (Å²) in [6, 6.07) is 2.32. The van der Waals surface area contributed by atoms with Gasteiger partial charge in [0.1, 0.15) is 5.69 Å². The van der Waals surface area contributed by atoms with E-state index in [1.807, 2.05) is 0 Å². The quantitative estimate of drug-likeness (QED) is 0.432. The first-order chi connectivity index (χ1) is 9.86. The highest BCUT2D eigenvalue weighted by Gasteiger charge is 2.20. The molecule has 0 fully saturated rings. The Morgan fingerprint density at radius 3 is 2.67 bits per heavy atom. The van der Waals surface area contributed by atoms with Crippen molar-refractivity contribution < 1.29 is 9.72 Å². The molecule has 1 amide bonds. The SMILES string of the molecule is CN(NC=O)c1cc2[nH]c(=O)n(C)c(=O)c2cc1[N+](=O)[O-]. The second kappa shape index (κ2) is 5.07. The number of hydrogen-bond donors (Lipinski definition) is 2. The van der Waals surface area contributed by atoms with Gasteiger partial charge in [-0.3, -0.25) is 34.7 Å². The molecule has 0 bridgehead atoms. The Labute approximate surface area is 116 Å². The number of nitrogens with one attached hydrogen (secondary N) is 2. The van der Waals surface area contributed by atoms with Crippen LogP contribution in [0.25, 0.3) is 10.9 Å². The lowest BCUT2D eigenvalue weighted by molar-refractivity contribution is -0.384. The molecule has 1 aromatic carbocycles. The Hall–Kier alpha value is -3.17. The van der Waals surface area contributed by atoms with Gasteiger partial charge in [0.25, 0.3) is 11.2 Å². The number of aromatic amines is 1. The Kier molecular flexibility index (Phi) is 3.44. The van der Waals surface area contributed by atoms with Crippen LogP contribution >= 0.6 is 0 Å². The molecule has 0 atom stereocenters. The van der Waals surface area contributed by atoms with Gasteiger partial charge in [-0.05, 0) is 6.07 Å². The first-order valence-electron chi connectivity index (χ1n) is 5.71. The van der Waals surface area contributed by atoms with E-state index in [0.29, 0.717) is 6.41 Å². The van der Waals surface area contributed by atoms with E-state index < -0.39 is 16.2 Å². The van der Waals surface area contributed by atoms with E-state index in [9.17, 15) is 24.5 Å². The van der Waals surface area contributed by atoms with E-state index in [1.165, 1.54) is 20.2 Å². The maximum atomic E-state index is 12.0. The van der Waals surface area contributed by atoms with Gasteiger partial charge in [0, 0.05) is 20.2 Å². The number of amides is 1. The summed E-state index contributed by atoms with van der Waals surface area (Å²) in [5.74, 6) is 0. The third kappa shape index (κ3) is 2.33. The normalized spacial score (nSPS) is 10.4. The molecular formula is C11H11N5O5. The van der Waals surface area contributed by atoms with Gasteiger partial charge in [-0.15, -0.1) is 0 Å². The van der Waals surface area contributed by atoms with Crippen LogP contribution in [-0.4, -0.2) is 27.9 Å². The Morgan fingerprint density at radius 2 is 2.10 bits per heavy atom. The van der Waals surface area contributed by atoms with Crippen molar-refractivity contribution in [1.29, 1.82) is 0 Å². The zero-order valence-electron chi connectivity index (χ0n) is 11.1. The van der Waals surface area contributed by atoms with Crippen molar-refractivity contribution in [2.45, 2.75) is 0 Å². The van der Waals surface area contributed by atoms with Crippen LogP contribution in [-0.2, 0) is 11.8 Å². The lowest BCUT2D eigenvalue weighted by atomic mass is 10.2. The molecule has 0 radical (unpaired) electrons. The van der Waals surface area contributed by atoms with Crippen LogP contribution in [0.1, 0.15) is 0 Å². The highest BCUT2D eigenvalue weighted by molar-refractivity contribution is 5.87. The van der Waals surface area contributed by atoms with E-state index in [-0.39, 0.29) is 22.3 Å². The van der Waals surface area contributed by atoms with Crippen LogP contribution in [0.5, 0.6) is 0 Å². The average Bonchev–Trinajstić information content (AvgIpc) is 2.44. The van der Waals surface area contributed by atoms with E-state index in [1.54, 1.807) is 0 Å². The van der Waals surface area contributed by atoms with E-state index >= 15 is 0 Å². The van der Waals surface area contributed by atoms with E-state index in [0.717, 1.165) is 15.6 Å². The molecule has 21 heavy (non-hydrogen) atoms. The molecule has 0 spiro atoms. The second-order valence-electron chi connectivity index (χ2n) is 4.24. The molecule has 0 saturated carbocycles. The van der Waals surface area contributed by atoms with Gasteiger partial charge in [-0.1, -0.05) is 0 Å². The number of nitro benzene ring substituents is 1. The third-order valence-corrected chi connectivity index (χ3v) is 3.00. The molecule has 2 rings (SSSR count). The minimum absolute atomic E-state index is 0.00653. The molecule has 1 heterocycles. The van der Waals surface area contributed by atoms with Gasteiger partial charge in [-0.2, -0.15) is 0 Å². The number of aromatic nitrogens is 2. The van der Waals surface area contributed by atoms with Crippen molar-refractivity contribution >= 4 is 28.7 Å². The number of anilines is 1. The van der Waals surface area contributed by atoms with Crippen LogP contribution in [0.2, 0.25) is 0 Å². The van der Waals surface area contributed by atoms with Crippen molar-refractivity contribution in [1.82, 2.24) is 15.0 Å². The zero-order chi connectivity index (χ0) is 15.7. The third-order valence-electron chi connectivity index (χ3n) is 3.00. The standard InChI is InChI=1S/C11H11N5O5/c1-14-10(18)6-3-9(16(20)21)8(15(2)12-5-17)4-7(6)13-11(14)19/h3-5H,1-2H3,(H,12,17)(H,13,19). The monoisotopic (exact) mass is 293 g/mol. The molecule has 0 aliphatic carbocycles. The molecule has 110 valence electrons. The smallest absolute Gasteiger partial charge is 0.307 e. The molecule has 1 aromatic heterocycles. The summed E-state index contributed by atoms with van der Waals surface area (Å²) in [6.07, 6.45) is 0.348. The van der Waals surface area contributed by atoms with Crippen LogP contribution in [0.15, 0.2) is 21.7 Å². The van der Waals surface area contributed by atoms with Gasteiger partial charge >= 0.3 is 5.69 Å². The molecular weight excluding hydrogens is 282 g/mol. The van der Waals surface area contributed by atoms with Gasteiger partial charge in [0.05, 0.1) is 15.8 Å². The van der Waals surface area contributed by atoms with Crippen molar-refractivity contribution in [3.63, 3.8) is 0 Å². The van der Waals surface area contributed by atoms with Gasteiger partial charge < -0.3 is 4.98 Å². The fourth-order valence-corrected chi connectivity index (χ4v) is 1.89. The predicted molar refractivity (Wildman–Crippen MR) is 74.1 cm³/mol. The number of rotatable bonds is 4. The van der Waals surface area contributed by atoms with E-state index in [4.69, 9.17) is 0 Å². The molecule has 0 aliphatic heterocycles. The minimum Gasteiger partial charge on any atom is -0.307 e. The predicted octanol–water partition coefficient (Wildman–Crippen LogP) is -0.768. The Bertz CT molecular complexity index is 852. The van der Waals surface area contributed by atoms with Crippen molar-refractivity contribution in [3.8, 4) is 0 Å². The number of hydrazine groups is 1. The fraction of sp³-hybridized carbons (Fsp3) is 0.182. The zero-order valence-corrected chi connectivity index (χ0v) is 11.1. The lowest BCUT2D eigenvalue weighted by Gasteiger charge is -2.17.